The Bertz CT molecular complexity index is 1280. The molecule has 0 radical (unpaired) electrons. The minimum Gasteiger partial charge on any atom is -0.255 e. The van der Waals surface area contributed by atoms with Crippen LogP contribution in [0.25, 0.3) is 0 Å². The van der Waals surface area contributed by atoms with Gasteiger partial charge in [-0.05, 0) is 66.5 Å². The zero-order valence-electron chi connectivity index (χ0n) is 26.9. The van der Waals surface area contributed by atoms with Gasteiger partial charge in [-0.2, -0.15) is 20.5 Å². The van der Waals surface area contributed by atoms with Gasteiger partial charge in [0.05, 0.1) is 59.7 Å². The molecule has 0 aliphatic carbocycles. The first-order valence-corrected chi connectivity index (χ1v) is 13.2. The highest BCUT2D eigenvalue weighted by Crippen LogP contribution is 2.12. The lowest BCUT2D eigenvalue weighted by molar-refractivity contribution is 0.696. The van der Waals surface area contributed by atoms with Crippen LogP contribution in [0, 0.1) is 27.7 Å². The van der Waals surface area contributed by atoms with Crippen LogP contribution < -0.4 is 0 Å². The molecule has 6 rings (SSSR count). The van der Waals surface area contributed by atoms with Gasteiger partial charge in [-0.1, -0.05) is 20.9 Å². The van der Waals surface area contributed by atoms with E-state index in [1.807, 2.05) is 82.1 Å². The van der Waals surface area contributed by atoms with Crippen LogP contribution in [0.1, 0.15) is 50.5 Å². The van der Waals surface area contributed by atoms with E-state index >= 15 is 0 Å². The van der Waals surface area contributed by atoms with E-state index < -0.39 is 0 Å². The van der Waals surface area contributed by atoms with Crippen molar-refractivity contribution in [1.82, 2.24) is 60.0 Å². The summed E-state index contributed by atoms with van der Waals surface area (Å²) in [5.41, 5.74) is 8.84. The van der Waals surface area contributed by atoms with E-state index in [4.69, 9.17) is 0 Å². The van der Waals surface area contributed by atoms with Crippen LogP contribution >= 0.6 is 0 Å². The highest BCUT2D eigenvalue weighted by molar-refractivity contribution is 5.13. The molecule has 0 saturated carbocycles. The predicted octanol–water partition coefficient (Wildman–Crippen LogP) is 3.99. The average molecular weight is 581 g/mol. The highest BCUT2D eigenvalue weighted by Gasteiger charge is 1.99. The minimum atomic E-state index is 0.811. The zero-order valence-corrected chi connectivity index (χ0v) is 26.9. The van der Waals surface area contributed by atoms with Gasteiger partial charge in [0.15, 0.2) is 0 Å². The Morgan fingerprint density at radius 2 is 0.881 bits per heavy atom. The van der Waals surface area contributed by atoms with Crippen molar-refractivity contribution in [3.63, 3.8) is 0 Å². The third-order valence-corrected chi connectivity index (χ3v) is 5.61. The van der Waals surface area contributed by atoms with E-state index in [1.165, 1.54) is 11.1 Å². The second kappa shape index (κ2) is 18.6. The number of aromatic nitrogens is 12. The number of azo groups is 2. The molecule has 2 aliphatic heterocycles. The van der Waals surface area contributed by atoms with E-state index in [0.717, 1.165) is 47.3 Å². The van der Waals surface area contributed by atoms with E-state index in [9.17, 15) is 0 Å². The molecule has 0 bridgehead atoms. The van der Waals surface area contributed by atoms with Crippen molar-refractivity contribution in [3.8, 4) is 0 Å². The molecule has 0 saturated heterocycles. The van der Waals surface area contributed by atoms with Gasteiger partial charge in [-0.25, -0.2) is 0 Å². The van der Waals surface area contributed by atoms with Gasteiger partial charge in [-0.3, -0.25) is 18.7 Å². The van der Waals surface area contributed by atoms with Gasteiger partial charge in [-0.15, -0.1) is 20.4 Å². The van der Waals surface area contributed by atoms with Gasteiger partial charge >= 0.3 is 0 Å². The summed E-state index contributed by atoms with van der Waals surface area (Å²) in [6.07, 6.45) is 7.17. The molecule has 16 heteroatoms. The molecule has 0 fully saturated rings. The molecule has 6 heterocycles. The van der Waals surface area contributed by atoms with Crippen LogP contribution in [0.3, 0.4) is 0 Å². The SMILES string of the molecule is CC1=C(C)N=NC1.CC1=C(C)N=NC1.Cc1cn(C)nn1.Cc1cn(C)nn1.Cc1cnnn1C.Cc1cnnn1C. The summed E-state index contributed by atoms with van der Waals surface area (Å²) in [7, 11) is 7.42. The molecule has 228 valence electrons. The monoisotopic (exact) mass is 580 g/mol. The Hall–Kier alpha value is -4.76. The highest BCUT2D eigenvalue weighted by atomic mass is 15.4. The van der Waals surface area contributed by atoms with Crippen LogP contribution in [0.2, 0.25) is 0 Å². The number of rotatable bonds is 0. The first-order valence-electron chi connectivity index (χ1n) is 13.2. The van der Waals surface area contributed by atoms with Crippen LogP contribution in [0.5, 0.6) is 0 Å². The van der Waals surface area contributed by atoms with Gasteiger partial charge in [0, 0.05) is 40.6 Å². The van der Waals surface area contributed by atoms with E-state index in [1.54, 1.807) is 31.1 Å². The molecule has 0 spiro atoms. The first-order chi connectivity index (χ1) is 19.8. The van der Waals surface area contributed by atoms with Crippen LogP contribution in [0.4, 0.5) is 0 Å². The van der Waals surface area contributed by atoms with Crippen molar-refractivity contribution in [2.45, 2.75) is 55.4 Å². The van der Waals surface area contributed by atoms with Gasteiger partial charge in [0.1, 0.15) is 0 Å². The number of allylic oxidation sites excluding steroid dienone is 2. The number of hydrogen-bond donors (Lipinski definition) is 0. The average Bonchev–Trinajstić information content (AvgIpc) is 3.80. The Balaban J connectivity index is 0.000000252. The number of aryl methyl sites for hydroxylation is 8. The maximum Gasteiger partial charge on any atom is 0.0831 e. The fraction of sp³-hybridized carbons (Fsp3) is 0.538. The molecule has 2 aliphatic rings. The molecule has 0 amide bonds. The largest absolute Gasteiger partial charge is 0.255 e. The molecule has 0 N–H and O–H groups in total. The molecule has 0 aromatic carbocycles. The molecule has 0 atom stereocenters. The van der Waals surface area contributed by atoms with Crippen molar-refractivity contribution in [3.05, 3.63) is 70.1 Å². The molecule has 0 unspecified atom stereocenters. The molecule has 4 aromatic heterocycles. The Labute approximate surface area is 247 Å². The lowest BCUT2D eigenvalue weighted by Gasteiger charge is -1.84. The zero-order chi connectivity index (χ0) is 31.7. The van der Waals surface area contributed by atoms with Crippen LogP contribution in [0.15, 0.2) is 67.8 Å². The summed E-state index contributed by atoms with van der Waals surface area (Å²) >= 11 is 0. The van der Waals surface area contributed by atoms with Crippen LogP contribution in [-0.4, -0.2) is 73.1 Å². The molecular weight excluding hydrogens is 536 g/mol. The lowest BCUT2D eigenvalue weighted by Crippen LogP contribution is -1.91. The first kappa shape index (κ1) is 35.3. The quantitative estimate of drug-likeness (QED) is 0.300. The fourth-order valence-corrected chi connectivity index (χ4v) is 2.50. The Morgan fingerprint density at radius 1 is 0.524 bits per heavy atom. The second-order valence-corrected chi connectivity index (χ2v) is 9.60. The molecule has 4 aromatic rings. The fourth-order valence-electron chi connectivity index (χ4n) is 2.50. The van der Waals surface area contributed by atoms with E-state index in [0.29, 0.717) is 0 Å². The third-order valence-electron chi connectivity index (χ3n) is 5.61. The maximum atomic E-state index is 3.82. The topological polar surface area (TPSA) is 172 Å². The molecule has 16 nitrogen and oxygen atoms in total. The second-order valence-electron chi connectivity index (χ2n) is 9.60. The smallest absolute Gasteiger partial charge is 0.0831 e. The summed E-state index contributed by atoms with van der Waals surface area (Å²) in [5, 5.41) is 44.7. The lowest BCUT2D eigenvalue weighted by atomic mass is 10.3. The Kier molecular flexibility index (Phi) is 15.6. The molecular formula is C26H44N16. The summed E-state index contributed by atoms with van der Waals surface area (Å²) in [6.45, 7) is 17.4. The summed E-state index contributed by atoms with van der Waals surface area (Å²) in [5.74, 6) is 0. The molecule has 42 heavy (non-hydrogen) atoms. The summed E-state index contributed by atoms with van der Waals surface area (Å²) in [4.78, 5) is 0. The van der Waals surface area contributed by atoms with Crippen molar-refractivity contribution < 1.29 is 0 Å². The standard InChI is InChI=1S/2C5H8N2.4C4H7N3/c2*1-4-3-6-7-5(4)2;2*1-4-3-7(2)6-5-4;2*1-4-3-5-6-7(4)2/h2*3H2,1-2H3;4*3H,1-2H3. The number of hydrogen-bond acceptors (Lipinski definition) is 12. The third kappa shape index (κ3) is 14.6. The van der Waals surface area contributed by atoms with Crippen molar-refractivity contribution in [2.24, 2.45) is 48.6 Å². The van der Waals surface area contributed by atoms with Gasteiger partial charge < -0.3 is 0 Å². The van der Waals surface area contributed by atoms with Gasteiger partial charge in [0.2, 0.25) is 0 Å². The van der Waals surface area contributed by atoms with E-state index in [-0.39, 0.29) is 0 Å². The summed E-state index contributed by atoms with van der Waals surface area (Å²) in [6, 6.07) is 0. The normalized spacial score (nSPS) is 12.7. The van der Waals surface area contributed by atoms with Gasteiger partial charge in [0.25, 0.3) is 0 Å². The van der Waals surface area contributed by atoms with Crippen molar-refractivity contribution >= 4 is 0 Å². The summed E-state index contributed by atoms with van der Waals surface area (Å²) < 4.78 is 6.80. The Morgan fingerprint density at radius 3 is 0.952 bits per heavy atom. The van der Waals surface area contributed by atoms with Crippen LogP contribution in [-0.2, 0) is 28.2 Å². The predicted molar refractivity (Wildman–Crippen MR) is 159 cm³/mol. The number of nitrogens with zero attached hydrogens (tertiary/aromatic N) is 16. The van der Waals surface area contributed by atoms with E-state index in [2.05, 4.69) is 75.6 Å². The maximum absolute atomic E-state index is 3.82. The van der Waals surface area contributed by atoms with Crippen molar-refractivity contribution in [2.75, 3.05) is 13.1 Å². The minimum absolute atomic E-state index is 0.811. The van der Waals surface area contributed by atoms with Crippen molar-refractivity contribution in [1.29, 1.82) is 0 Å².